The summed E-state index contributed by atoms with van der Waals surface area (Å²) in [4.78, 5) is 12.5. The second kappa shape index (κ2) is 10.9. The zero-order valence-corrected chi connectivity index (χ0v) is 18.6. The first kappa shape index (κ1) is 21.3. The molecule has 152 valence electrons. The Labute approximate surface area is 178 Å². The van der Waals surface area contributed by atoms with Gasteiger partial charge in [-0.3, -0.25) is 0 Å². The van der Waals surface area contributed by atoms with Crippen molar-refractivity contribution < 1.29 is 0 Å². The minimum absolute atomic E-state index is 0.980. The van der Waals surface area contributed by atoms with E-state index in [1.807, 2.05) is 6.07 Å². The van der Waals surface area contributed by atoms with Gasteiger partial charge in [-0.25, -0.2) is 9.98 Å². The number of rotatable bonds is 9. The molecule has 0 atom stereocenters. The van der Waals surface area contributed by atoms with Crippen molar-refractivity contribution in [2.75, 3.05) is 18.0 Å². The van der Waals surface area contributed by atoms with Gasteiger partial charge in [0, 0.05) is 24.0 Å². The number of aryl methyl sites for hydroxylation is 1. The SMILES string of the molecule is CCCCN(CCCC)c1nc(-c2ccccc2)csc1=Nc1ccc(C)cc1. The zero-order chi connectivity index (χ0) is 20.5. The molecule has 0 aliphatic heterocycles. The van der Waals surface area contributed by atoms with Crippen molar-refractivity contribution in [3.05, 3.63) is 70.2 Å². The Morgan fingerprint density at radius 3 is 2.17 bits per heavy atom. The van der Waals surface area contributed by atoms with Crippen LogP contribution in [0.25, 0.3) is 11.3 Å². The minimum atomic E-state index is 0.980. The maximum absolute atomic E-state index is 5.11. The lowest BCUT2D eigenvalue weighted by Gasteiger charge is -2.24. The van der Waals surface area contributed by atoms with Crippen molar-refractivity contribution in [1.82, 2.24) is 4.98 Å². The molecule has 3 nitrogen and oxygen atoms in total. The first-order chi connectivity index (χ1) is 14.2. The van der Waals surface area contributed by atoms with Crippen molar-refractivity contribution in [2.24, 2.45) is 4.99 Å². The molecule has 0 N–H and O–H groups in total. The average Bonchev–Trinajstić information content (AvgIpc) is 2.76. The maximum Gasteiger partial charge on any atom is 0.165 e. The molecular weight excluding hydrogens is 374 g/mol. The Balaban J connectivity index is 2.09. The molecule has 0 spiro atoms. The summed E-state index contributed by atoms with van der Waals surface area (Å²) in [7, 11) is 0. The van der Waals surface area contributed by atoms with Crippen LogP contribution in [0, 0.1) is 6.92 Å². The smallest absolute Gasteiger partial charge is 0.165 e. The Hall–Kier alpha value is -2.46. The van der Waals surface area contributed by atoms with Crippen molar-refractivity contribution in [3.8, 4) is 11.3 Å². The van der Waals surface area contributed by atoms with Gasteiger partial charge in [0.2, 0.25) is 0 Å². The second-order valence-corrected chi connectivity index (χ2v) is 8.23. The van der Waals surface area contributed by atoms with Crippen molar-refractivity contribution in [3.63, 3.8) is 0 Å². The largest absolute Gasteiger partial charge is 0.354 e. The highest BCUT2D eigenvalue weighted by Crippen LogP contribution is 2.22. The Morgan fingerprint density at radius 2 is 1.55 bits per heavy atom. The molecule has 1 aromatic heterocycles. The third-order valence-electron chi connectivity index (χ3n) is 4.90. The van der Waals surface area contributed by atoms with E-state index in [0.29, 0.717) is 0 Å². The number of hydrogen-bond donors (Lipinski definition) is 0. The topological polar surface area (TPSA) is 28.5 Å². The summed E-state index contributed by atoms with van der Waals surface area (Å²) in [6, 6.07) is 18.8. The summed E-state index contributed by atoms with van der Waals surface area (Å²) in [5.74, 6) is 1.01. The molecule has 0 aliphatic rings. The predicted octanol–water partition coefficient (Wildman–Crippen LogP) is 6.76. The van der Waals surface area contributed by atoms with E-state index < -0.39 is 0 Å². The van der Waals surface area contributed by atoms with Gasteiger partial charge in [0.15, 0.2) is 10.5 Å². The van der Waals surface area contributed by atoms with Crippen LogP contribution in [-0.2, 0) is 0 Å². The molecule has 0 unspecified atom stereocenters. The van der Waals surface area contributed by atoms with E-state index in [2.05, 4.69) is 79.6 Å². The highest BCUT2D eigenvalue weighted by atomic mass is 32.1. The third-order valence-corrected chi connectivity index (χ3v) is 5.73. The quantitative estimate of drug-likeness (QED) is 0.393. The number of nitrogens with zero attached hydrogens (tertiary/aromatic N) is 3. The Morgan fingerprint density at radius 1 is 0.897 bits per heavy atom. The lowest BCUT2D eigenvalue weighted by Crippen LogP contribution is -2.31. The fourth-order valence-electron chi connectivity index (χ4n) is 3.13. The van der Waals surface area contributed by atoms with E-state index in [1.165, 1.54) is 18.4 Å². The summed E-state index contributed by atoms with van der Waals surface area (Å²) in [6.07, 6.45) is 4.68. The molecule has 3 rings (SSSR count). The highest BCUT2D eigenvalue weighted by Gasteiger charge is 2.13. The fraction of sp³-hybridized carbons (Fsp3) is 0.360. The Kier molecular flexibility index (Phi) is 8.00. The van der Waals surface area contributed by atoms with Gasteiger partial charge in [0.1, 0.15) is 0 Å². The molecule has 0 saturated heterocycles. The standard InChI is InChI=1S/C25H31N3S/c1-4-6-17-28(18-7-5-2)24-25(26-22-15-13-20(3)14-16-22)29-19-23(27-24)21-11-9-8-10-12-21/h8-16,19H,4-7,17-18H2,1-3H3. The average molecular weight is 406 g/mol. The maximum atomic E-state index is 5.11. The van der Waals surface area contributed by atoms with E-state index in [1.54, 1.807) is 11.3 Å². The van der Waals surface area contributed by atoms with E-state index in [0.717, 1.165) is 53.4 Å². The van der Waals surface area contributed by atoms with Gasteiger partial charge < -0.3 is 4.90 Å². The van der Waals surface area contributed by atoms with Gasteiger partial charge in [0.25, 0.3) is 0 Å². The molecule has 0 fully saturated rings. The van der Waals surface area contributed by atoms with E-state index in [4.69, 9.17) is 9.98 Å². The van der Waals surface area contributed by atoms with Gasteiger partial charge in [-0.1, -0.05) is 74.7 Å². The van der Waals surface area contributed by atoms with Crippen molar-refractivity contribution in [2.45, 2.75) is 46.5 Å². The van der Waals surface area contributed by atoms with Gasteiger partial charge in [-0.2, -0.15) is 0 Å². The summed E-state index contributed by atoms with van der Waals surface area (Å²) in [6.45, 7) is 8.62. The molecule has 0 radical (unpaired) electrons. The lowest BCUT2D eigenvalue weighted by atomic mass is 10.2. The van der Waals surface area contributed by atoms with Crippen LogP contribution in [0.3, 0.4) is 0 Å². The number of unbranched alkanes of at least 4 members (excludes halogenated alkanes) is 2. The van der Waals surface area contributed by atoms with E-state index in [-0.39, 0.29) is 0 Å². The summed E-state index contributed by atoms with van der Waals surface area (Å²) in [5.41, 5.74) is 4.40. The Bertz CT molecular complexity index is 938. The molecule has 0 bridgehead atoms. The molecule has 0 aliphatic carbocycles. The number of aromatic nitrogens is 1. The van der Waals surface area contributed by atoms with Crippen LogP contribution in [-0.4, -0.2) is 18.1 Å². The minimum Gasteiger partial charge on any atom is -0.354 e. The first-order valence-corrected chi connectivity index (χ1v) is 11.5. The molecule has 2 aromatic carbocycles. The normalized spacial score (nSPS) is 11.6. The van der Waals surface area contributed by atoms with Crippen LogP contribution in [0.2, 0.25) is 0 Å². The molecular formula is C25H31N3S. The van der Waals surface area contributed by atoms with Crippen molar-refractivity contribution >= 4 is 22.8 Å². The van der Waals surface area contributed by atoms with Crippen LogP contribution in [0.15, 0.2) is 65.0 Å². The number of benzene rings is 2. The predicted molar refractivity (Wildman–Crippen MR) is 126 cm³/mol. The molecule has 0 saturated carbocycles. The van der Waals surface area contributed by atoms with Crippen LogP contribution in [0.5, 0.6) is 0 Å². The van der Waals surface area contributed by atoms with Crippen LogP contribution < -0.4 is 9.57 Å². The molecule has 1 heterocycles. The van der Waals surface area contributed by atoms with Gasteiger partial charge >= 0.3 is 0 Å². The van der Waals surface area contributed by atoms with E-state index >= 15 is 0 Å². The summed E-state index contributed by atoms with van der Waals surface area (Å²) >= 11 is 1.68. The fourth-order valence-corrected chi connectivity index (χ4v) is 3.98. The number of hydrogen-bond acceptors (Lipinski definition) is 4. The van der Waals surface area contributed by atoms with Crippen LogP contribution in [0.4, 0.5) is 11.5 Å². The van der Waals surface area contributed by atoms with Crippen LogP contribution >= 0.6 is 11.3 Å². The highest BCUT2D eigenvalue weighted by molar-refractivity contribution is 7.07. The summed E-state index contributed by atoms with van der Waals surface area (Å²) < 4.78 is 0.987. The third kappa shape index (κ3) is 6.01. The summed E-state index contributed by atoms with van der Waals surface area (Å²) in [5, 5.41) is 2.13. The van der Waals surface area contributed by atoms with Gasteiger partial charge in [0.05, 0.1) is 11.4 Å². The van der Waals surface area contributed by atoms with Gasteiger partial charge in [-0.05, 0) is 31.9 Å². The second-order valence-electron chi connectivity index (χ2n) is 7.37. The van der Waals surface area contributed by atoms with Gasteiger partial charge in [-0.15, -0.1) is 11.3 Å². The van der Waals surface area contributed by atoms with Crippen molar-refractivity contribution in [1.29, 1.82) is 0 Å². The monoisotopic (exact) mass is 405 g/mol. The number of anilines is 1. The molecule has 3 aromatic rings. The van der Waals surface area contributed by atoms with E-state index in [9.17, 15) is 0 Å². The first-order valence-electron chi connectivity index (χ1n) is 10.6. The molecule has 4 heteroatoms. The zero-order valence-electron chi connectivity index (χ0n) is 17.8. The molecule has 0 amide bonds. The lowest BCUT2D eigenvalue weighted by molar-refractivity contribution is 0.670. The molecule has 29 heavy (non-hydrogen) atoms. The van der Waals surface area contributed by atoms with Crippen LogP contribution in [0.1, 0.15) is 45.1 Å².